The molecule has 0 aliphatic carbocycles. The lowest BCUT2D eigenvalue weighted by Crippen LogP contribution is -1.95. The number of nitrogens with zero attached hydrogens (tertiary/aromatic N) is 2. The van der Waals surface area contributed by atoms with Crippen LogP contribution in [0.2, 0.25) is 0 Å². The van der Waals surface area contributed by atoms with Crippen molar-refractivity contribution in [3.8, 4) is 11.6 Å². The van der Waals surface area contributed by atoms with Crippen LogP contribution in [0.5, 0.6) is 5.75 Å². The van der Waals surface area contributed by atoms with Gasteiger partial charge in [0, 0.05) is 12.4 Å². The summed E-state index contributed by atoms with van der Waals surface area (Å²) in [6.07, 6.45) is 3.58. The zero-order valence-corrected chi connectivity index (χ0v) is 8.54. The van der Waals surface area contributed by atoms with Crippen molar-refractivity contribution in [1.82, 2.24) is 9.55 Å². The second kappa shape index (κ2) is 3.38. The minimum Gasteiger partial charge on any atom is -0.504 e. The normalized spacial score (nSPS) is 10.8. The van der Waals surface area contributed by atoms with Crippen molar-refractivity contribution >= 4 is 10.9 Å². The van der Waals surface area contributed by atoms with E-state index in [0.717, 1.165) is 10.9 Å². The maximum atomic E-state index is 9.76. The van der Waals surface area contributed by atoms with Gasteiger partial charge in [-0.15, -0.1) is 0 Å². The molecule has 1 N–H and O–H groups in total. The van der Waals surface area contributed by atoms with E-state index in [4.69, 9.17) is 0 Å². The summed E-state index contributed by atoms with van der Waals surface area (Å²) >= 11 is 0. The number of para-hydroxylation sites is 1. The molecule has 0 fully saturated rings. The Morgan fingerprint density at radius 3 is 2.75 bits per heavy atom. The molecule has 0 atom stereocenters. The Balaban J connectivity index is 2.31. The zero-order chi connectivity index (χ0) is 11.0. The molecule has 0 radical (unpaired) electrons. The summed E-state index contributed by atoms with van der Waals surface area (Å²) in [4.78, 5) is 4.18. The smallest absolute Gasteiger partial charge is 0.179 e. The van der Waals surface area contributed by atoms with E-state index in [1.807, 2.05) is 41.1 Å². The van der Waals surface area contributed by atoms with Gasteiger partial charge in [-0.2, -0.15) is 0 Å². The summed E-state index contributed by atoms with van der Waals surface area (Å²) in [5.41, 5.74) is 1.04. The Bertz CT molecular complexity index is 643. The van der Waals surface area contributed by atoms with Crippen molar-refractivity contribution in [2.75, 3.05) is 0 Å². The Morgan fingerprint density at radius 2 is 1.88 bits per heavy atom. The van der Waals surface area contributed by atoms with Gasteiger partial charge in [0.05, 0.1) is 5.52 Å². The Kier molecular flexibility index (Phi) is 1.90. The van der Waals surface area contributed by atoms with Gasteiger partial charge in [-0.1, -0.05) is 18.2 Å². The van der Waals surface area contributed by atoms with E-state index in [1.165, 1.54) is 0 Å². The fraction of sp³-hybridized carbons (Fsp3) is 0. The van der Waals surface area contributed by atoms with Gasteiger partial charge in [0.15, 0.2) is 11.6 Å². The summed E-state index contributed by atoms with van der Waals surface area (Å²) in [5.74, 6) is 0.743. The van der Waals surface area contributed by atoms with Crippen LogP contribution in [-0.4, -0.2) is 14.7 Å². The van der Waals surface area contributed by atoms with Gasteiger partial charge >= 0.3 is 0 Å². The van der Waals surface area contributed by atoms with E-state index in [0.29, 0.717) is 5.82 Å². The molecular formula is C13H10N2O. The average molecular weight is 210 g/mol. The summed E-state index contributed by atoms with van der Waals surface area (Å²) in [6, 6.07) is 13.4. The number of hydrogen-bond donors (Lipinski definition) is 1. The first kappa shape index (κ1) is 8.97. The molecule has 2 aromatic heterocycles. The fourth-order valence-corrected chi connectivity index (χ4v) is 1.84. The van der Waals surface area contributed by atoms with E-state index in [9.17, 15) is 5.11 Å². The number of pyridine rings is 1. The van der Waals surface area contributed by atoms with Crippen LogP contribution in [0, 0.1) is 0 Å². The maximum absolute atomic E-state index is 9.76. The van der Waals surface area contributed by atoms with Gasteiger partial charge in [-0.3, -0.25) is 4.57 Å². The minimum atomic E-state index is 0.184. The molecule has 3 nitrogen and oxygen atoms in total. The number of benzene rings is 1. The second-order valence-corrected chi connectivity index (χ2v) is 3.59. The molecule has 16 heavy (non-hydrogen) atoms. The van der Waals surface area contributed by atoms with Crippen molar-refractivity contribution in [2.24, 2.45) is 0 Å². The highest BCUT2D eigenvalue weighted by atomic mass is 16.3. The number of aromatic nitrogens is 2. The van der Waals surface area contributed by atoms with Crippen LogP contribution in [0.1, 0.15) is 0 Å². The lowest BCUT2D eigenvalue weighted by molar-refractivity contribution is 0.469. The Labute approximate surface area is 92.6 Å². The monoisotopic (exact) mass is 210 g/mol. The minimum absolute atomic E-state index is 0.184. The van der Waals surface area contributed by atoms with Gasteiger partial charge in [-0.25, -0.2) is 4.98 Å². The summed E-state index contributed by atoms with van der Waals surface area (Å²) in [5, 5.41) is 10.9. The van der Waals surface area contributed by atoms with E-state index in [-0.39, 0.29) is 5.75 Å². The predicted octanol–water partition coefficient (Wildman–Crippen LogP) is 2.73. The molecule has 3 aromatic rings. The summed E-state index contributed by atoms with van der Waals surface area (Å²) in [6.45, 7) is 0. The highest BCUT2D eigenvalue weighted by Gasteiger charge is 2.06. The highest BCUT2D eigenvalue weighted by Crippen LogP contribution is 2.24. The van der Waals surface area contributed by atoms with Crippen molar-refractivity contribution < 1.29 is 5.11 Å². The lowest BCUT2D eigenvalue weighted by atomic mass is 10.2. The first-order valence-corrected chi connectivity index (χ1v) is 5.07. The van der Waals surface area contributed by atoms with Crippen molar-refractivity contribution in [3.63, 3.8) is 0 Å². The van der Waals surface area contributed by atoms with E-state index in [2.05, 4.69) is 4.98 Å². The number of fused-ring (bicyclic) bond motifs is 1. The lowest BCUT2D eigenvalue weighted by Gasteiger charge is -2.05. The van der Waals surface area contributed by atoms with Crippen molar-refractivity contribution in [1.29, 1.82) is 0 Å². The van der Waals surface area contributed by atoms with Crippen LogP contribution in [-0.2, 0) is 0 Å². The van der Waals surface area contributed by atoms with Gasteiger partial charge in [0.1, 0.15) is 0 Å². The van der Waals surface area contributed by atoms with Gasteiger partial charge in [0.25, 0.3) is 0 Å². The number of rotatable bonds is 1. The molecule has 3 heteroatoms. The molecule has 1 aromatic carbocycles. The van der Waals surface area contributed by atoms with Crippen LogP contribution < -0.4 is 0 Å². The van der Waals surface area contributed by atoms with E-state index < -0.39 is 0 Å². The molecule has 3 rings (SSSR count). The van der Waals surface area contributed by atoms with Crippen LogP contribution >= 0.6 is 0 Å². The van der Waals surface area contributed by atoms with Crippen molar-refractivity contribution in [3.05, 3.63) is 54.9 Å². The molecule has 0 saturated carbocycles. The highest BCUT2D eigenvalue weighted by molar-refractivity contribution is 5.81. The molecule has 0 aliphatic rings. The molecule has 2 heterocycles. The van der Waals surface area contributed by atoms with Gasteiger partial charge in [0.2, 0.25) is 0 Å². The molecular weight excluding hydrogens is 200 g/mol. The average Bonchev–Trinajstić information content (AvgIpc) is 2.74. The first-order valence-electron chi connectivity index (χ1n) is 5.07. The Morgan fingerprint density at radius 1 is 1.00 bits per heavy atom. The number of hydrogen-bond acceptors (Lipinski definition) is 2. The van der Waals surface area contributed by atoms with E-state index in [1.54, 1.807) is 18.3 Å². The van der Waals surface area contributed by atoms with E-state index >= 15 is 0 Å². The second-order valence-electron chi connectivity index (χ2n) is 3.59. The van der Waals surface area contributed by atoms with Crippen LogP contribution in [0.25, 0.3) is 16.7 Å². The fourth-order valence-electron chi connectivity index (χ4n) is 1.84. The third-order valence-electron chi connectivity index (χ3n) is 2.59. The van der Waals surface area contributed by atoms with Crippen LogP contribution in [0.4, 0.5) is 0 Å². The summed E-state index contributed by atoms with van der Waals surface area (Å²) < 4.78 is 1.88. The quantitative estimate of drug-likeness (QED) is 0.670. The predicted molar refractivity (Wildman–Crippen MR) is 62.7 cm³/mol. The molecule has 0 aliphatic heterocycles. The zero-order valence-electron chi connectivity index (χ0n) is 8.54. The maximum Gasteiger partial charge on any atom is 0.179 e. The molecule has 0 unspecified atom stereocenters. The van der Waals surface area contributed by atoms with Crippen LogP contribution in [0.3, 0.4) is 0 Å². The van der Waals surface area contributed by atoms with Crippen molar-refractivity contribution in [2.45, 2.75) is 0 Å². The molecule has 78 valence electrons. The largest absolute Gasteiger partial charge is 0.504 e. The molecule has 0 spiro atoms. The van der Waals surface area contributed by atoms with Crippen LogP contribution in [0.15, 0.2) is 54.9 Å². The third-order valence-corrected chi connectivity index (χ3v) is 2.59. The molecule has 0 bridgehead atoms. The third kappa shape index (κ3) is 1.26. The number of aromatic hydroxyl groups is 1. The Hall–Kier alpha value is -2.29. The topological polar surface area (TPSA) is 38.1 Å². The first-order chi connectivity index (χ1) is 7.86. The standard InChI is InChI=1S/C13H10N2O/c16-12-6-3-8-14-13(12)15-9-7-10-4-1-2-5-11(10)15/h1-9,16H. The molecule has 0 saturated heterocycles. The molecule has 0 amide bonds. The summed E-state index contributed by atoms with van der Waals surface area (Å²) in [7, 11) is 0. The SMILES string of the molecule is Oc1cccnc1-n1ccc2ccccc21. The van der Waals surface area contributed by atoms with Gasteiger partial charge < -0.3 is 5.11 Å². The van der Waals surface area contributed by atoms with Gasteiger partial charge in [-0.05, 0) is 29.7 Å².